The number of ether oxygens (including phenoxy) is 2. The maximum Gasteiger partial charge on any atom is 0.306 e. The molecule has 0 amide bonds. The van der Waals surface area contributed by atoms with Crippen molar-refractivity contribution in [2.45, 2.75) is 239 Å². The first-order chi connectivity index (χ1) is 23.0. The summed E-state index contributed by atoms with van der Waals surface area (Å²) in [4.78, 5) is 24.2. The van der Waals surface area contributed by atoms with E-state index in [1.807, 2.05) is 0 Å². The van der Waals surface area contributed by atoms with Gasteiger partial charge in [-0.25, -0.2) is 0 Å². The summed E-state index contributed by atoms with van der Waals surface area (Å²) in [5, 5.41) is 9.54. The molecule has 0 fully saturated rings. The average molecular weight is 667 g/mol. The molecule has 0 spiro atoms. The van der Waals surface area contributed by atoms with Crippen LogP contribution in [0.1, 0.15) is 233 Å². The fraction of sp³-hybridized carbons (Fsp3) is 0.952. The summed E-state index contributed by atoms with van der Waals surface area (Å²) < 4.78 is 10.6. The maximum absolute atomic E-state index is 12.1. The third kappa shape index (κ3) is 36.0. The average Bonchev–Trinajstić information content (AvgIpc) is 3.07. The van der Waals surface area contributed by atoms with Gasteiger partial charge in [0, 0.05) is 12.8 Å². The van der Waals surface area contributed by atoms with Gasteiger partial charge in [0.1, 0.15) is 6.61 Å². The highest BCUT2D eigenvalue weighted by Gasteiger charge is 2.16. The number of unbranched alkanes of at least 4 members (excludes halogenated alkanes) is 27. The van der Waals surface area contributed by atoms with E-state index >= 15 is 0 Å². The molecule has 0 saturated heterocycles. The number of carbonyl (C=O) groups is 2. The Morgan fingerprint density at radius 2 is 0.830 bits per heavy atom. The molecular weight excluding hydrogens is 584 g/mol. The van der Waals surface area contributed by atoms with E-state index in [-0.39, 0.29) is 25.2 Å². The highest BCUT2D eigenvalue weighted by atomic mass is 16.6. The van der Waals surface area contributed by atoms with Gasteiger partial charge in [-0.05, 0) is 18.8 Å². The van der Waals surface area contributed by atoms with Gasteiger partial charge < -0.3 is 14.6 Å². The van der Waals surface area contributed by atoms with Crippen LogP contribution >= 0.6 is 0 Å². The van der Waals surface area contributed by atoms with E-state index in [4.69, 9.17) is 9.47 Å². The summed E-state index contributed by atoms with van der Waals surface area (Å²) in [5.74, 6) is 0.339. The standard InChI is InChI=1S/C42H82O5/c1-4-6-7-8-9-10-19-24-27-30-33-36-42(45)47-40(37-43)38-46-41(44)35-32-29-26-23-21-18-16-14-12-11-13-15-17-20-22-25-28-31-34-39(3)5-2/h39-40,43H,4-38H2,1-3H3/t39?,40-/m0/s1. The minimum absolute atomic E-state index is 0.0575. The molecule has 2 atom stereocenters. The molecule has 0 radical (unpaired) electrons. The lowest BCUT2D eigenvalue weighted by atomic mass is 9.99. The fourth-order valence-electron chi connectivity index (χ4n) is 6.36. The number of hydrogen-bond donors (Lipinski definition) is 1. The molecule has 0 aromatic heterocycles. The van der Waals surface area contributed by atoms with Crippen molar-refractivity contribution in [1.82, 2.24) is 0 Å². The zero-order valence-electron chi connectivity index (χ0n) is 32.0. The van der Waals surface area contributed by atoms with Crippen LogP contribution in [0.4, 0.5) is 0 Å². The zero-order valence-corrected chi connectivity index (χ0v) is 32.0. The lowest BCUT2D eigenvalue weighted by Crippen LogP contribution is -2.28. The molecule has 0 aromatic rings. The van der Waals surface area contributed by atoms with Gasteiger partial charge in [-0.1, -0.05) is 207 Å². The third-order valence-corrected chi connectivity index (χ3v) is 9.94. The Balaban J connectivity index is 3.44. The number of carbonyl (C=O) groups excluding carboxylic acids is 2. The Hall–Kier alpha value is -1.10. The van der Waals surface area contributed by atoms with Crippen molar-refractivity contribution < 1.29 is 24.2 Å². The minimum atomic E-state index is -0.761. The van der Waals surface area contributed by atoms with E-state index in [0.29, 0.717) is 12.8 Å². The van der Waals surface area contributed by atoms with Gasteiger partial charge in [0.05, 0.1) is 6.61 Å². The minimum Gasteiger partial charge on any atom is -0.462 e. The SMILES string of the molecule is CCCCCCCCCCCCCC(=O)O[C@@H](CO)COC(=O)CCCCCCCCCCCCCCCCCCCCC(C)CC. The molecule has 1 unspecified atom stereocenters. The molecule has 0 bridgehead atoms. The summed E-state index contributed by atoms with van der Waals surface area (Å²) in [6, 6.07) is 0. The number of aliphatic hydroxyl groups excluding tert-OH is 1. The lowest BCUT2D eigenvalue weighted by Gasteiger charge is -2.15. The third-order valence-electron chi connectivity index (χ3n) is 9.94. The van der Waals surface area contributed by atoms with Gasteiger partial charge in [-0.3, -0.25) is 9.59 Å². The second-order valence-corrected chi connectivity index (χ2v) is 14.7. The van der Waals surface area contributed by atoms with E-state index < -0.39 is 6.10 Å². The Morgan fingerprint density at radius 1 is 0.489 bits per heavy atom. The molecule has 1 N–H and O–H groups in total. The van der Waals surface area contributed by atoms with Gasteiger partial charge in [0.25, 0.3) is 0 Å². The smallest absolute Gasteiger partial charge is 0.306 e. The predicted molar refractivity (Wildman–Crippen MR) is 201 cm³/mol. The normalized spacial score (nSPS) is 12.7. The number of aliphatic hydroxyl groups is 1. The monoisotopic (exact) mass is 667 g/mol. The summed E-state index contributed by atoms with van der Waals surface area (Å²) in [5.41, 5.74) is 0. The largest absolute Gasteiger partial charge is 0.462 e. The fourth-order valence-corrected chi connectivity index (χ4v) is 6.36. The number of hydrogen-bond acceptors (Lipinski definition) is 5. The molecule has 5 nitrogen and oxygen atoms in total. The molecule has 0 rings (SSSR count). The molecule has 0 saturated carbocycles. The quantitative estimate of drug-likeness (QED) is 0.0524. The second-order valence-electron chi connectivity index (χ2n) is 14.7. The van der Waals surface area contributed by atoms with Gasteiger partial charge >= 0.3 is 11.9 Å². The van der Waals surface area contributed by atoms with Crippen LogP contribution in [-0.4, -0.2) is 36.4 Å². The van der Waals surface area contributed by atoms with Crippen molar-refractivity contribution in [3.05, 3.63) is 0 Å². The first-order valence-corrected chi connectivity index (χ1v) is 21.0. The molecule has 5 heteroatoms. The van der Waals surface area contributed by atoms with Crippen LogP contribution < -0.4 is 0 Å². The van der Waals surface area contributed by atoms with Gasteiger partial charge in [0.15, 0.2) is 6.10 Å². The van der Waals surface area contributed by atoms with Crippen molar-refractivity contribution in [2.75, 3.05) is 13.2 Å². The predicted octanol–water partition coefficient (Wildman–Crippen LogP) is 13.0. The van der Waals surface area contributed by atoms with E-state index in [2.05, 4.69) is 20.8 Å². The number of rotatable bonds is 38. The second kappa shape index (κ2) is 37.7. The van der Waals surface area contributed by atoms with E-state index in [9.17, 15) is 14.7 Å². The van der Waals surface area contributed by atoms with Crippen LogP contribution in [0.25, 0.3) is 0 Å². The molecule has 47 heavy (non-hydrogen) atoms. The highest BCUT2D eigenvalue weighted by molar-refractivity contribution is 5.70. The van der Waals surface area contributed by atoms with Crippen LogP contribution in [0.5, 0.6) is 0 Å². The molecule has 0 aliphatic carbocycles. The van der Waals surface area contributed by atoms with Gasteiger partial charge in [0.2, 0.25) is 0 Å². The van der Waals surface area contributed by atoms with E-state index in [0.717, 1.165) is 38.0 Å². The van der Waals surface area contributed by atoms with Crippen molar-refractivity contribution in [3.63, 3.8) is 0 Å². The maximum atomic E-state index is 12.1. The lowest BCUT2D eigenvalue weighted by molar-refractivity contribution is -0.161. The Bertz CT molecular complexity index is 651. The van der Waals surface area contributed by atoms with Crippen molar-refractivity contribution in [3.8, 4) is 0 Å². The van der Waals surface area contributed by atoms with Crippen LogP contribution in [0, 0.1) is 5.92 Å². The van der Waals surface area contributed by atoms with Crippen LogP contribution in [0.3, 0.4) is 0 Å². The van der Waals surface area contributed by atoms with Crippen LogP contribution in [0.2, 0.25) is 0 Å². The molecular formula is C42H82O5. The zero-order chi connectivity index (χ0) is 34.5. The molecule has 280 valence electrons. The first-order valence-electron chi connectivity index (χ1n) is 21.0. The summed E-state index contributed by atoms with van der Waals surface area (Å²) in [6.45, 7) is 6.56. The van der Waals surface area contributed by atoms with Crippen molar-refractivity contribution >= 4 is 11.9 Å². The van der Waals surface area contributed by atoms with Crippen LogP contribution in [0.15, 0.2) is 0 Å². The first kappa shape index (κ1) is 45.9. The van der Waals surface area contributed by atoms with Crippen molar-refractivity contribution in [2.24, 2.45) is 5.92 Å². The van der Waals surface area contributed by atoms with Gasteiger partial charge in [-0.2, -0.15) is 0 Å². The topological polar surface area (TPSA) is 72.8 Å². The highest BCUT2D eigenvalue weighted by Crippen LogP contribution is 2.17. The van der Waals surface area contributed by atoms with Gasteiger partial charge in [-0.15, -0.1) is 0 Å². The molecule has 0 aromatic carbocycles. The molecule has 0 aliphatic heterocycles. The molecule has 0 aliphatic rings. The van der Waals surface area contributed by atoms with E-state index in [1.54, 1.807) is 0 Å². The Labute approximate surface area is 293 Å². The Kier molecular flexibility index (Phi) is 36.8. The number of esters is 2. The van der Waals surface area contributed by atoms with E-state index in [1.165, 1.54) is 167 Å². The molecule has 0 heterocycles. The summed E-state index contributed by atoms with van der Waals surface area (Å²) in [7, 11) is 0. The summed E-state index contributed by atoms with van der Waals surface area (Å²) in [6.07, 6.45) is 40.2. The van der Waals surface area contributed by atoms with Crippen molar-refractivity contribution in [1.29, 1.82) is 0 Å². The van der Waals surface area contributed by atoms with Crippen LogP contribution in [-0.2, 0) is 19.1 Å². The Morgan fingerprint density at radius 3 is 1.19 bits per heavy atom. The summed E-state index contributed by atoms with van der Waals surface area (Å²) >= 11 is 0.